The smallest absolute Gasteiger partial charge is 0.316 e. The standard InChI is InChI=1S/C17H17N5O3S/c18-17(24)20-13-3-1-11(2-4-13)9-19-14(23)5-6-15-21-16(22-25-15)12-7-8-26-10-12/h1-4,7-8,10H,5-6,9H2,(H,19,23)(H3,18,20,24). The van der Waals surface area contributed by atoms with Crippen LogP contribution in [0.5, 0.6) is 0 Å². The number of urea groups is 1. The monoisotopic (exact) mass is 371 g/mol. The fraction of sp³-hybridized carbons (Fsp3) is 0.176. The molecule has 0 saturated carbocycles. The van der Waals surface area contributed by atoms with Crippen LogP contribution in [0.2, 0.25) is 0 Å². The number of aromatic nitrogens is 2. The van der Waals surface area contributed by atoms with Gasteiger partial charge in [0.05, 0.1) is 0 Å². The molecule has 4 N–H and O–H groups in total. The van der Waals surface area contributed by atoms with Crippen molar-refractivity contribution < 1.29 is 14.1 Å². The van der Waals surface area contributed by atoms with E-state index >= 15 is 0 Å². The fourth-order valence-electron chi connectivity index (χ4n) is 2.22. The minimum absolute atomic E-state index is 0.111. The Labute approximate surface area is 153 Å². The average Bonchev–Trinajstić information content (AvgIpc) is 3.30. The molecule has 3 aromatic rings. The van der Waals surface area contributed by atoms with Gasteiger partial charge in [-0.05, 0) is 29.1 Å². The van der Waals surface area contributed by atoms with E-state index in [0.29, 0.717) is 30.4 Å². The maximum absolute atomic E-state index is 12.0. The van der Waals surface area contributed by atoms with Crippen molar-refractivity contribution in [2.75, 3.05) is 5.32 Å². The van der Waals surface area contributed by atoms with Gasteiger partial charge < -0.3 is 20.9 Å². The number of aryl methyl sites for hydroxylation is 1. The summed E-state index contributed by atoms with van der Waals surface area (Å²) in [6.45, 7) is 0.389. The van der Waals surface area contributed by atoms with Crippen molar-refractivity contribution in [1.29, 1.82) is 0 Å². The average molecular weight is 371 g/mol. The molecule has 26 heavy (non-hydrogen) atoms. The molecule has 0 bridgehead atoms. The number of thiophene rings is 1. The quantitative estimate of drug-likeness (QED) is 0.589. The molecule has 3 rings (SSSR count). The van der Waals surface area contributed by atoms with Gasteiger partial charge in [-0.3, -0.25) is 4.79 Å². The molecule has 0 fully saturated rings. The molecule has 0 saturated heterocycles. The highest BCUT2D eigenvalue weighted by Gasteiger charge is 2.11. The molecular weight excluding hydrogens is 354 g/mol. The number of anilines is 1. The van der Waals surface area contributed by atoms with E-state index in [9.17, 15) is 9.59 Å². The Morgan fingerprint density at radius 2 is 2.00 bits per heavy atom. The molecule has 0 aliphatic heterocycles. The lowest BCUT2D eigenvalue weighted by atomic mass is 10.2. The van der Waals surface area contributed by atoms with Crippen LogP contribution in [0.15, 0.2) is 45.6 Å². The van der Waals surface area contributed by atoms with Gasteiger partial charge in [0, 0.05) is 36.0 Å². The SMILES string of the molecule is NC(=O)Nc1ccc(CNC(=O)CCc2nc(-c3ccsc3)no2)cc1. The van der Waals surface area contributed by atoms with Gasteiger partial charge in [-0.2, -0.15) is 16.3 Å². The predicted molar refractivity (Wildman–Crippen MR) is 97.4 cm³/mol. The summed E-state index contributed by atoms with van der Waals surface area (Å²) >= 11 is 1.56. The number of nitrogens with two attached hydrogens (primary N) is 1. The minimum atomic E-state index is -0.616. The topological polar surface area (TPSA) is 123 Å². The van der Waals surface area contributed by atoms with Gasteiger partial charge in [-0.25, -0.2) is 4.79 Å². The van der Waals surface area contributed by atoms with E-state index in [0.717, 1.165) is 11.1 Å². The molecular formula is C17H17N5O3S. The number of carbonyl (C=O) groups excluding carboxylic acids is 2. The van der Waals surface area contributed by atoms with Crippen molar-refractivity contribution in [3.63, 3.8) is 0 Å². The highest BCUT2D eigenvalue weighted by molar-refractivity contribution is 7.08. The lowest BCUT2D eigenvalue weighted by Crippen LogP contribution is -2.23. The first kappa shape index (κ1) is 17.6. The zero-order chi connectivity index (χ0) is 18.4. The van der Waals surface area contributed by atoms with E-state index in [-0.39, 0.29) is 12.3 Å². The summed E-state index contributed by atoms with van der Waals surface area (Å²) in [5, 5.41) is 13.1. The molecule has 0 spiro atoms. The summed E-state index contributed by atoms with van der Waals surface area (Å²) < 4.78 is 5.17. The third kappa shape index (κ3) is 4.90. The molecule has 3 amide bonds. The highest BCUT2D eigenvalue weighted by atomic mass is 32.1. The molecule has 1 aromatic carbocycles. The zero-order valence-corrected chi connectivity index (χ0v) is 14.6. The molecule has 134 valence electrons. The van der Waals surface area contributed by atoms with Crippen molar-refractivity contribution >= 4 is 29.0 Å². The first-order valence-corrected chi connectivity index (χ1v) is 8.81. The Bertz CT molecular complexity index is 874. The van der Waals surface area contributed by atoms with Gasteiger partial charge in [0.15, 0.2) is 0 Å². The van der Waals surface area contributed by atoms with Gasteiger partial charge in [0.2, 0.25) is 17.6 Å². The molecule has 2 heterocycles. The van der Waals surface area contributed by atoms with E-state index in [4.69, 9.17) is 10.3 Å². The summed E-state index contributed by atoms with van der Waals surface area (Å²) in [5.74, 6) is 0.856. The number of hydrogen-bond acceptors (Lipinski definition) is 6. The summed E-state index contributed by atoms with van der Waals surface area (Å²) in [4.78, 5) is 27.0. The normalized spacial score (nSPS) is 10.5. The zero-order valence-electron chi connectivity index (χ0n) is 13.8. The Morgan fingerprint density at radius 3 is 2.69 bits per heavy atom. The molecule has 0 radical (unpaired) electrons. The summed E-state index contributed by atoms with van der Waals surface area (Å²) in [7, 11) is 0. The van der Waals surface area contributed by atoms with Crippen LogP contribution >= 0.6 is 11.3 Å². The number of nitrogens with zero attached hydrogens (tertiary/aromatic N) is 2. The van der Waals surface area contributed by atoms with Crippen molar-refractivity contribution in [2.45, 2.75) is 19.4 Å². The van der Waals surface area contributed by atoms with Gasteiger partial charge in [-0.1, -0.05) is 17.3 Å². The van der Waals surface area contributed by atoms with Crippen LogP contribution in [0.3, 0.4) is 0 Å². The second-order valence-electron chi connectivity index (χ2n) is 5.49. The van der Waals surface area contributed by atoms with Crippen LogP contribution in [0.1, 0.15) is 17.9 Å². The Balaban J connectivity index is 1.43. The van der Waals surface area contributed by atoms with Gasteiger partial charge in [0.25, 0.3) is 0 Å². The predicted octanol–water partition coefficient (Wildman–Crippen LogP) is 2.54. The molecule has 8 nitrogen and oxygen atoms in total. The second kappa shape index (κ2) is 8.26. The molecule has 0 aliphatic rings. The molecule has 2 aromatic heterocycles. The molecule has 9 heteroatoms. The third-order valence-corrected chi connectivity index (χ3v) is 4.21. The number of carbonyl (C=O) groups is 2. The Morgan fingerprint density at radius 1 is 1.19 bits per heavy atom. The van der Waals surface area contributed by atoms with Crippen molar-refractivity contribution in [1.82, 2.24) is 15.5 Å². The molecule has 0 atom stereocenters. The van der Waals surface area contributed by atoms with Gasteiger partial charge in [0.1, 0.15) is 0 Å². The molecule has 0 aliphatic carbocycles. The van der Waals surface area contributed by atoms with Crippen LogP contribution in [-0.2, 0) is 17.8 Å². The van der Waals surface area contributed by atoms with Crippen molar-refractivity contribution in [2.24, 2.45) is 5.73 Å². The maximum atomic E-state index is 12.0. The first-order valence-electron chi connectivity index (χ1n) is 7.87. The Kier molecular flexibility index (Phi) is 5.59. The van der Waals surface area contributed by atoms with Crippen LogP contribution < -0.4 is 16.4 Å². The fourth-order valence-corrected chi connectivity index (χ4v) is 2.86. The summed E-state index contributed by atoms with van der Waals surface area (Å²) in [6.07, 6.45) is 0.636. The number of hydrogen-bond donors (Lipinski definition) is 3. The maximum Gasteiger partial charge on any atom is 0.316 e. The van der Waals surface area contributed by atoms with Crippen LogP contribution in [-0.4, -0.2) is 22.1 Å². The number of rotatable bonds is 7. The van der Waals surface area contributed by atoms with Gasteiger partial charge in [-0.15, -0.1) is 0 Å². The summed E-state index contributed by atoms with van der Waals surface area (Å²) in [6, 6.07) is 8.34. The minimum Gasteiger partial charge on any atom is -0.352 e. The van der Waals surface area contributed by atoms with Crippen LogP contribution in [0.25, 0.3) is 11.4 Å². The molecule has 0 unspecified atom stereocenters. The number of benzene rings is 1. The van der Waals surface area contributed by atoms with Crippen LogP contribution in [0.4, 0.5) is 10.5 Å². The second-order valence-corrected chi connectivity index (χ2v) is 6.27. The third-order valence-electron chi connectivity index (χ3n) is 3.52. The summed E-state index contributed by atoms with van der Waals surface area (Å²) in [5.41, 5.74) is 7.46. The number of amides is 3. The van der Waals surface area contributed by atoms with Gasteiger partial charge >= 0.3 is 6.03 Å². The Hall–Kier alpha value is -3.20. The largest absolute Gasteiger partial charge is 0.352 e. The number of primary amides is 1. The van der Waals surface area contributed by atoms with E-state index in [2.05, 4.69) is 20.8 Å². The van der Waals surface area contributed by atoms with E-state index in [1.165, 1.54) is 0 Å². The van der Waals surface area contributed by atoms with E-state index in [1.807, 2.05) is 16.8 Å². The van der Waals surface area contributed by atoms with E-state index in [1.54, 1.807) is 35.6 Å². The lowest BCUT2D eigenvalue weighted by molar-refractivity contribution is -0.121. The van der Waals surface area contributed by atoms with E-state index < -0.39 is 6.03 Å². The first-order chi connectivity index (χ1) is 12.6. The highest BCUT2D eigenvalue weighted by Crippen LogP contribution is 2.19. The number of nitrogens with one attached hydrogen (secondary N) is 2. The lowest BCUT2D eigenvalue weighted by Gasteiger charge is -2.06. The van der Waals surface area contributed by atoms with Crippen molar-refractivity contribution in [3.05, 3.63) is 52.5 Å². The van der Waals surface area contributed by atoms with Crippen molar-refractivity contribution in [3.8, 4) is 11.4 Å². The van der Waals surface area contributed by atoms with Crippen LogP contribution in [0, 0.1) is 0 Å².